The fourth-order valence-corrected chi connectivity index (χ4v) is 3.83. The summed E-state index contributed by atoms with van der Waals surface area (Å²) in [4.78, 5) is 32.5. The van der Waals surface area contributed by atoms with Crippen LogP contribution >= 0.6 is 0 Å². The number of benzene rings is 1. The second-order valence-electron chi connectivity index (χ2n) is 7.65. The van der Waals surface area contributed by atoms with E-state index in [0.29, 0.717) is 38.5 Å². The lowest BCUT2D eigenvalue weighted by atomic mass is 9.85. The van der Waals surface area contributed by atoms with Crippen LogP contribution in [0.5, 0.6) is 0 Å². The molecule has 25 heavy (non-hydrogen) atoms. The van der Waals surface area contributed by atoms with Gasteiger partial charge in [-0.25, -0.2) is 5.06 Å². The van der Waals surface area contributed by atoms with Gasteiger partial charge in [0.05, 0.1) is 5.54 Å². The van der Waals surface area contributed by atoms with Gasteiger partial charge in [0.25, 0.3) is 0 Å². The molecular weight excluding hydrogens is 316 g/mol. The van der Waals surface area contributed by atoms with Crippen molar-refractivity contribution in [2.24, 2.45) is 5.92 Å². The molecule has 0 N–H and O–H groups in total. The zero-order chi connectivity index (χ0) is 17.9. The van der Waals surface area contributed by atoms with E-state index in [9.17, 15) is 9.59 Å². The molecule has 0 radical (unpaired) electrons. The average Bonchev–Trinajstić information content (AvgIpc) is 2.90. The molecule has 2 aliphatic rings. The topological polar surface area (TPSA) is 49.9 Å². The maximum atomic E-state index is 12.4. The number of likely N-dealkylation sites (tertiary alicyclic amines) is 1. The second kappa shape index (κ2) is 7.56. The minimum atomic E-state index is -0.236. The maximum Gasteiger partial charge on any atom is 0.246 e. The quantitative estimate of drug-likeness (QED) is 0.824. The molecule has 2 saturated heterocycles. The lowest BCUT2D eigenvalue weighted by molar-refractivity contribution is -0.222. The van der Waals surface area contributed by atoms with E-state index in [1.54, 1.807) is 5.06 Å². The Labute approximate surface area is 149 Å². The van der Waals surface area contributed by atoms with Crippen molar-refractivity contribution in [3.63, 3.8) is 0 Å². The van der Waals surface area contributed by atoms with Gasteiger partial charge in [0, 0.05) is 25.9 Å². The molecule has 2 aliphatic heterocycles. The molecule has 2 fully saturated rings. The molecule has 0 aromatic heterocycles. The van der Waals surface area contributed by atoms with Crippen molar-refractivity contribution in [2.45, 2.75) is 58.1 Å². The molecule has 1 spiro atoms. The van der Waals surface area contributed by atoms with E-state index in [0.717, 1.165) is 24.8 Å². The molecule has 0 aliphatic carbocycles. The molecule has 1 aromatic carbocycles. The van der Waals surface area contributed by atoms with Crippen molar-refractivity contribution in [1.82, 2.24) is 9.96 Å². The Hall–Kier alpha value is -1.88. The van der Waals surface area contributed by atoms with E-state index in [1.165, 1.54) is 0 Å². The first-order chi connectivity index (χ1) is 12.0. The van der Waals surface area contributed by atoms with Gasteiger partial charge in [-0.3, -0.25) is 14.4 Å². The number of carbonyl (C=O) groups is 2. The summed E-state index contributed by atoms with van der Waals surface area (Å²) in [6, 6.07) is 9.91. The summed E-state index contributed by atoms with van der Waals surface area (Å²) in [6.45, 7) is 5.97. The summed E-state index contributed by atoms with van der Waals surface area (Å²) in [7, 11) is 0. The molecule has 0 bridgehead atoms. The highest BCUT2D eigenvalue weighted by Crippen LogP contribution is 2.39. The summed E-state index contributed by atoms with van der Waals surface area (Å²) in [5, 5.41) is 1.63. The lowest BCUT2D eigenvalue weighted by Gasteiger charge is -2.43. The van der Waals surface area contributed by atoms with Crippen LogP contribution in [-0.2, 0) is 21.0 Å². The average molecular weight is 344 g/mol. The molecule has 0 unspecified atom stereocenters. The fourth-order valence-electron chi connectivity index (χ4n) is 3.83. The van der Waals surface area contributed by atoms with Gasteiger partial charge < -0.3 is 4.90 Å². The van der Waals surface area contributed by atoms with Gasteiger partial charge in [-0.1, -0.05) is 44.2 Å². The van der Waals surface area contributed by atoms with Gasteiger partial charge in [-0.15, -0.1) is 0 Å². The van der Waals surface area contributed by atoms with Crippen molar-refractivity contribution < 1.29 is 14.4 Å². The monoisotopic (exact) mass is 344 g/mol. The van der Waals surface area contributed by atoms with Crippen molar-refractivity contribution in [1.29, 1.82) is 0 Å². The van der Waals surface area contributed by atoms with E-state index in [4.69, 9.17) is 4.84 Å². The summed E-state index contributed by atoms with van der Waals surface area (Å²) in [6.07, 6.45) is 3.57. The predicted octanol–water partition coefficient (Wildman–Crippen LogP) is 3.15. The van der Waals surface area contributed by atoms with Crippen LogP contribution in [-0.4, -0.2) is 40.4 Å². The van der Waals surface area contributed by atoms with Crippen molar-refractivity contribution >= 4 is 11.8 Å². The highest BCUT2D eigenvalue weighted by atomic mass is 16.7. The van der Waals surface area contributed by atoms with Crippen LogP contribution < -0.4 is 0 Å². The number of hydroxylamine groups is 2. The normalized spacial score (nSPS) is 19.9. The molecule has 1 aromatic rings. The number of nitrogens with zero attached hydrogens (tertiary/aromatic N) is 2. The Kier molecular flexibility index (Phi) is 5.42. The largest absolute Gasteiger partial charge is 0.343 e. The number of carbonyl (C=O) groups excluding carboxylic acids is 2. The van der Waals surface area contributed by atoms with Crippen LogP contribution in [0.1, 0.15) is 51.5 Å². The third-order valence-corrected chi connectivity index (χ3v) is 5.29. The van der Waals surface area contributed by atoms with Crippen molar-refractivity contribution in [2.75, 3.05) is 13.1 Å². The van der Waals surface area contributed by atoms with Gasteiger partial charge in [0.1, 0.15) is 6.61 Å². The summed E-state index contributed by atoms with van der Waals surface area (Å²) < 4.78 is 0. The second-order valence-corrected chi connectivity index (χ2v) is 7.65. The molecular formula is C20H28N2O3. The van der Waals surface area contributed by atoms with Gasteiger partial charge in [-0.05, 0) is 30.7 Å². The number of hydrogen-bond donors (Lipinski definition) is 0. The van der Waals surface area contributed by atoms with Crippen LogP contribution in [0.15, 0.2) is 30.3 Å². The number of amides is 2. The lowest BCUT2D eigenvalue weighted by Crippen LogP contribution is -2.54. The Balaban J connectivity index is 1.61. The first-order valence-electron chi connectivity index (χ1n) is 9.28. The van der Waals surface area contributed by atoms with E-state index in [2.05, 4.69) is 13.8 Å². The van der Waals surface area contributed by atoms with Gasteiger partial charge >= 0.3 is 0 Å². The van der Waals surface area contributed by atoms with Gasteiger partial charge in [0.15, 0.2) is 0 Å². The van der Waals surface area contributed by atoms with Crippen LogP contribution in [0.25, 0.3) is 0 Å². The van der Waals surface area contributed by atoms with Crippen LogP contribution in [0.4, 0.5) is 0 Å². The molecule has 3 rings (SSSR count). The predicted molar refractivity (Wildman–Crippen MR) is 95.3 cm³/mol. The first-order valence-corrected chi connectivity index (χ1v) is 9.28. The molecule has 5 heteroatoms. The minimum absolute atomic E-state index is 0.0675. The zero-order valence-electron chi connectivity index (χ0n) is 15.2. The molecule has 0 atom stereocenters. The van der Waals surface area contributed by atoms with Crippen LogP contribution in [0.2, 0.25) is 0 Å². The highest BCUT2D eigenvalue weighted by molar-refractivity contribution is 5.79. The van der Waals surface area contributed by atoms with Crippen molar-refractivity contribution in [3.05, 3.63) is 35.9 Å². The fraction of sp³-hybridized carbons (Fsp3) is 0.600. The van der Waals surface area contributed by atoms with E-state index < -0.39 is 0 Å². The standard InChI is InChI=1S/C20H28N2O3/c1-16(2)14-19(24)21-12-10-20(11-13-21)9-8-18(23)22(20)25-15-17-6-4-3-5-7-17/h3-7,16H,8-15H2,1-2H3. The zero-order valence-corrected chi connectivity index (χ0v) is 15.2. The SMILES string of the molecule is CC(C)CC(=O)N1CCC2(CCC(=O)N2OCc2ccccc2)CC1. The maximum absolute atomic E-state index is 12.4. The Morgan fingerprint density at radius 3 is 2.48 bits per heavy atom. The molecule has 2 amide bonds. The van der Waals surface area contributed by atoms with E-state index in [1.807, 2.05) is 35.2 Å². The Morgan fingerprint density at radius 2 is 1.84 bits per heavy atom. The number of piperidine rings is 1. The molecule has 136 valence electrons. The first kappa shape index (κ1) is 17.9. The van der Waals surface area contributed by atoms with Gasteiger partial charge in [-0.2, -0.15) is 0 Å². The number of rotatable bonds is 5. The van der Waals surface area contributed by atoms with E-state index in [-0.39, 0.29) is 17.4 Å². The van der Waals surface area contributed by atoms with Crippen LogP contribution in [0, 0.1) is 5.92 Å². The molecule has 2 heterocycles. The third kappa shape index (κ3) is 4.03. The number of hydrogen-bond acceptors (Lipinski definition) is 3. The van der Waals surface area contributed by atoms with Crippen LogP contribution in [0.3, 0.4) is 0 Å². The molecule has 0 saturated carbocycles. The Morgan fingerprint density at radius 1 is 1.16 bits per heavy atom. The molecule has 5 nitrogen and oxygen atoms in total. The highest BCUT2D eigenvalue weighted by Gasteiger charge is 2.48. The van der Waals surface area contributed by atoms with E-state index >= 15 is 0 Å². The third-order valence-electron chi connectivity index (χ3n) is 5.29. The summed E-state index contributed by atoms with van der Waals surface area (Å²) >= 11 is 0. The Bertz CT molecular complexity index is 607. The summed E-state index contributed by atoms with van der Waals surface area (Å²) in [5.41, 5.74) is 0.822. The van der Waals surface area contributed by atoms with Gasteiger partial charge in [0.2, 0.25) is 11.8 Å². The van der Waals surface area contributed by atoms with Crippen molar-refractivity contribution in [3.8, 4) is 0 Å². The smallest absolute Gasteiger partial charge is 0.246 e. The summed E-state index contributed by atoms with van der Waals surface area (Å²) in [5.74, 6) is 0.672. The minimum Gasteiger partial charge on any atom is -0.343 e.